The van der Waals surface area contributed by atoms with Crippen molar-refractivity contribution in [2.45, 2.75) is 13.5 Å². The first-order valence-corrected chi connectivity index (χ1v) is 14.6. The van der Waals surface area contributed by atoms with Crippen molar-refractivity contribution in [1.29, 1.82) is 0 Å². The van der Waals surface area contributed by atoms with Crippen LogP contribution in [-0.2, 0) is 6.54 Å². The quantitative estimate of drug-likeness (QED) is 0.180. The van der Waals surface area contributed by atoms with Gasteiger partial charge >= 0.3 is 0 Å². The highest BCUT2D eigenvalue weighted by Gasteiger charge is 2.19. The Morgan fingerprint density at radius 1 is 0.886 bits per heavy atom. The summed E-state index contributed by atoms with van der Waals surface area (Å²) < 4.78 is 0. The van der Waals surface area contributed by atoms with E-state index in [-0.39, 0.29) is 28.4 Å². The van der Waals surface area contributed by atoms with Gasteiger partial charge in [-0.3, -0.25) is 30.4 Å². The van der Waals surface area contributed by atoms with Gasteiger partial charge in [-0.05, 0) is 42.8 Å². The summed E-state index contributed by atoms with van der Waals surface area (Å²) in [5, 5.41) is 19.3. The van der Waals surface area contributed by atoms with Crippen molar-refractivity contribution in [3.05, 3.63) is 99.4 Å². The number of nitrogens with zero attached hydrogens (tertiary/aromatic N) is 9. The fraction of sp³-hybridized carbons (Fsp3) is 0.207. The molecule has 0 aliphatic carbocycles. The molecule has 4 heterocycles. The third-order valence-electron chi connectivity index (χ3n) is 6.92. The number of nitro groups is 1. The Morgan fingerprint density at radius 3 is 2.34 bits per heavy atom. The lowest BCUT2D eigenvalue weighted by Gasteiger charge is -2.36. The molecule has 5 aromatic rings. The van der Waals surface area contributed by atoms with Crippen molar-refractivity contribution in [3.8, 4) is 10.7 Å². The number of hydrogen-bond donors (Lipinski definition) is 2. The summed E-state index contributed by atoms with van der Waals surface area (Å²) >= 11 is 1.47. The van der Waals surface area contributed by atoms with Crippen LogP contribution in [0.1, 0.15) is 21.7 Å². The molecule has 0 radical (unpaired) electrons. The summed E-state index contributed by atoms with van der Waals surface area (Å²) in [5.41, 5.74) is 3.31. The van der Waals surface area contributed by atoms with Crippen molar-refractivity contribution in [1.82, 2.24) is 34.8 Å². The molecule has 2 aromatic carbocycles. The Labute approximate surface area is 256 Å². The van der Waals surface area contributed by atoms with Crippen molar-refractivity contribution >= 4 is 46.5 Å². The Balaban J connectivity index is 1.03. The number of amides is 1. The van der Waals surface area contributed by atoms with Crippen LogP contribution in [0.5, 0.6) is 0 Å². The average Bonchev–Trinajstić information content (AvgIpc) is 3.57. The number of hydrogen-bond acceptors (Lipinski definition) is 13. The summed E-state index contributed by atoms with van der Waals surface area (Å²) in [6, 6.07) is 15.9. The highest BCUT2D eigenvalue weighted by molar-refractivity contribution is 7.13. The summed E-state index contributed by atoms with van der Waals surface area (Å²) in [6.45, 7) is 5.82. The van der Waals surface area contributed by atoms with Crippen molar-refractivity contribution < 1.29 is 9.72 Å². The van der Waals surface area contributed by atoms with Crippen molar-refractivity contribution in [2.24, 2.45) is 0 Å². The van der Waals surface area contributed by atoms with E-state index in [4.69, 9.17) is 0 Å². The van der Waals surface area contributed by atoms with Crippen LogP contribution in [0, 0.1) is 17.0 Å². The Kier molecular flexibility index (Phi) is 8.38. The van der Waals surface area contributed by atoms with E-state index in [2.05, 4.69) is 50.3 Å². The molecule has 0 saturated carbocycles. The first kappa shape index (κ1) is 28.7. The highest BCUT2D eigenvalue weighted by atomic mass is 32.1. The summed E-state index contributed by atoms with van der Waals surface area (Å²) in [6.07, 6.45) is 3.33. The topological polar surface area (TPSA) is 168 Å². The molecule has 0 atom stereocenters. The minimum atomic E-state index is -0.388. The third kappa shape index (κ3) is 6.96. The molecule has 222 valence electrons. The number of carbonyl (C=O) groups is 1. The van der Waals surface area contributed by atoms with Crippen LogP contribution in [0.2, 0.25) is 0 Å². The number of rotatable bonds is 9. The molecular weight excluding hydrogens is 582 g/mol. The number of nitro benzene ring substituents is 1. The fourth-order valence-electron chi connectivity index (χ4n) is 4.72. The first-order valence-electron chi connectivity index (χ1n) is 13.7. The molecule has 1 fully saturated rings. The van der Waals surface area contributed by atoms with Crippen LogP contribution in [0.15, 0.2) is 72.4 Å². The largest absolute Gasteiger partial charge is 0.369 e. The number of aryl methyl sites for hydroxylation is 1. The number of benzene rings is 2. The minimum absolute atomic E-state index is 0.0922. The fourth-order valence-corrected chi connectivity index (χ4v) is 5.33. The van der Waals surface area contributed by atoms with Gasteiger partial charge in [0.1, 0.15) is 16.5 Å². The van der Waals surface area contributed by atoms with Gasteiger partial charge in [-0.15, -0.1) is 11.3 Å². The maximum Gasteiger partial charge on any atom is 0.269 e. The minimum Gasteiger partial charge on any atom is -0.369 e. The van der Waals surface area contributed by atoms with Gasteiger partial charge in [0.15, 0.2) is 0 Å². The zero-order valence-electron chi connectivity index (χ0n) is 23.6. The van der Waals surface area contributed by atoms with E-state index in [1.165, 1.54) is 23.5 Å². The van der Waals surface area contributed by atoms with Crippen LogP contribution in [0.3, 0.4) is 0 Å². The maximum atomic E-state index is 13.0. The molecule has 1 saturated heterocycles. The van der Waals surface area contributed by atoms with E-state index in [0.717, 1.165) is 49.0 Å². The van der Waals surface area contributed by atoms with Gasteiger partial charge in [0, 0.05) is 73.9 Å². The second kappa shape index (κ2) is 12.8. The monoisotopic (exact) mass is 609 g/mol. The predicted molar refractivity (Wildman–Crippen MR) is 166 cm³/mol. The van der Waals surface area contributed by atoms with Gasteiger partial charge in [-0.2, -0.15) is 15.0 Å². The van der Waals surface area contributed by atoms with Gasteiger partial charge in [0.25, 0.3) is 11.6 Å². The SMILES string of the molecule is Cc1nc(NC(=O)c2ccc(CN3CCN(c4ccc([N+](=O)[O-])cc4)CC3)cc2)nc(Nc2nccc(-c3nccs3)n2)n1. The van der Waals surface area contributed by atoms with Gasteiger partial charge in [0.05, 0.1) is 4.92 Å². The molecule has 1 aliphatic heterocycles. The molecule has 1 aliphatic rings. The number of piperazine rings is 1. The molecule has 14 nitrogen and oxygen atoms in total. The van der Waals surface area contributed by atoms with Crippen LogP contribution in [-0.4, -0.2) is 71.8 Å². The summed E-state index contributed by atoms with van der Waals surface area (Å²) in [4.78, 5) is 53.9. The van der Waals surface area contributed by atoms with Gasteiger partial charge in [0.2, 0.25) is 17.8 Å². The van der Waals surface area contributed by atoms with Crippen LogP contribution in [0.4, 0.5) is 29.2 Å². The number of non-ortho nitro benzene ring substituents is 1. The van der Waals surface area contributed by atoms with E-state index in [1.54, 1.807) is 49.6 Å². The molecule has 15 heteroatoms. The molecule has 1 amide bonds. The zero-order chi connectivity index (χ0) is 30.5. The van der Waals surface area contributed by atoms with E-state index in [1.807, 2.05) is 17.5 Å². The van der Waals surface area contributed by atoms with Gasteiger partial charge < -0.3 is 4.90 Å². The summed E-state index contributed by atoms with van der Waals surface area (Å²) in [5.74, 6) is 0.679. The smallest absolute Gasteiger partial charge is 0.269 e. The van der Waals surface area contributed by atoms with E-state index < -0.39 is 0 Å². The van der Waals surface area contributed by atoms with Gasteiger partial charge in [-0.1, -0.05) is 12.1 Å². The highest BCUT2D eigenvalue weighted by Crippen LogP contribution is 2.22. The number of anilines is 4. The maximum absolute atomic E-state index is 13.0. The normalized spacial score (nSPS) is 13.4. The molecule has 0 bridgehead atoms. The van der Waals surface area contributed by atoms with Crippen molar-refractivity contribution in [3.63, 3.8) is 0 Å². The molecule has 2 N–H and O–H groups in total. The van der Waals surface area contributed by atoms with E-state index in [0.29, 0.717) is 23.0 Å². The first-order chi connectivity index (χ1) is 21.4. The Hall–Kier alpha value is -5.41. The molecule has 3 aromatic heterocycles. The predicted octanol–water partition coefficient (Wildman–Crippen LogP) is 4.32. The van der Waals surface area contributed by atoms with Gasteiger partial charge in [-0.25, -0.2) is 15.0 Å². The number of carbonyl (C=O) groups excluding carboxylic acids is 1. The standard InChI is InChI=1S/C29H27N11O3S/c1-19-32-28(37-29(33-19)36-27-31-11-10-24(34-27)26-30-12-17-44-26)35-25(41)21-4-2-20(3-5-21)18-38-13-15-39(16-14-38)22-6-8-23(9-7-22)40(42)43/h2-12,17H,13-16,18H2,1H3,(H2,31,32,33,34,35,36,37,41). The molecule has 44 heavy (non-hydrogen) atoms. The number of nitrogens with one attached hydrogen (secondary N) is 2. The third-order valence-corrected chi connectivity index (χ3v) is 7.72. The molecule has 6 rings (SSSR count). The lowest BCUT2D eigenvalue weighted by atomic mass is 10.1. The van der Waals surface area contributed by atoms with E-state index >= 15 is 0 Å². The van der Waals surface area contributed by atoms with Crippen molar-refractivity contribution in [2.75, 3.05) is 41.7 Å². The second-order valence-corrected chi connectivity index (χ2v) is 10.8. The van der Waals surface area contributed by atoms with Crippen LogP contribution >= 0.6 is 11.3 Å². The molecule has 0 spiro atoms. The van der Waals surface area contributed by atoms with Crippen LogP contribution in [0.25, 0.3) is 10.7 Å². The zero-order valence-corrected chi connectivity index (χ0v) is 24.4. The Morgan fingerprint density at radius 2 is 1.64 bits per heavy atom. The second-order valence-electron chi connectivity index (χ2n) is 9.95. The van der Waals surface area contributed by atoms with E-state index in [9.17, 15) is 14.9 Å². The Bertz CT molecular complexity index is 1760. The van der Waals surface area contributed by atoms with Crippen LogP contribution < -0.4 is 15.5 Å². The lowest BCUT2D eigenvalue weighted by Crippen LogP contribution is -2.45. The summed E-state index contributed by atoms with van der Waals surface area (Å²) in [7, 11) is 0. The number of aromatic nitrogens is 6. The lowest BCUT2D eigenvalue weighted by molar-refractivity contribution is -0.384. The average molecular weight is 610 g/mol. The number of thiazole rings is 1. The molecular formula is C29H27N11O3S. The molecule has 0 unspecified atom stereocenters.